The number of ether oxygens (including phenoxy) is 2. The number of carbonyl (C=O) groups excluding carboxylic acids is 7. The number of aromatic nitrogens is 4. The number of Topliss-reactive ketones (excluding diaryl/α,β-unsaturated/α-hetero) is 3. The number of ketones is 3. The molecule has 1 aromatic carbocycles. The van der Waals surface area contributed by atoms with Gasteiger partial charge in [0.05, 0.1) is 24.9 Å². The lowest BCUT2D eigenvalue weighted by Gasteiger charge is -2.16. The topological polar surface area (TPSA) is 349 Å². The van der Waals surface area contributed by atoms with Gasteiger partial charge in [-0.3, -0.25) is 43.1 Å². The van der Waals surface area contributed by atoms with E-state index in [9.17, 15) is 61.8 Å². The normalized spacial score (nSPS) is 11.7. The molecule has 72 heavy (non-hydrogen) atoms. The number of aryl methyl sites for hydroxylation is 2. The van der Waals surface area contributed by atoms with Gasteiger partial charge in [0.15, 0.2) is 11.6 Å². The van der Waals surface area contributed by atoms with Crippen LogP contribution in [0, 0.1) is 5.92 Å². The fourth-order valence-corrected chi connectivity index (χ4v) is 7.64. The van der Waals surface area contributed by atoms with Crippen molar-refractivity contribution in [3.8, 4) is 0 Å². The molecule has 1 aromatic heterocycles. The van der Waals surface area contributed by atoms with E-state index in [2.05, 4.69) is 43.5 Å². The molecule has 0 aliphatic rings. The summed E-state index contributed by atoms with van der Waals surface area (Å²) in [4.78, 5) is 107. The van der Waals surface area contributed by atoms with E-state index in [1.165, 1.54) is 18.4 Å². The van der Waals surface area contributed by atoms with Gasteiger partial charge in [0.25, 0.3) is 0 Å². The Bertz CT molecular complexity index is 2050. The average molecular weight is 1040 g/mol. The van der Waals surface area contributed by atoms with Crippen LogP contribution in [-0.4, -0.2) is 143 Å². The van der Waals surface area contributed by atoms with Gasteiger partial charge >= 0.3 is 11.9 Å². The number of carboxylic acid groups (broad SMARTS) is 2. The van der Waals surface area contributed by atoms with E-state index in [1.54, 1.807) is 0 Å². The van der Waals surface area contributed by atoms with Crippen LogP contribution in [-0.2, 0) is 70.7 Å². The molecule has 0 aliphatic heterocycles. The van der Waals surface area contributed by atoms with Gasteiger partial charge in [-0.25, -0.2) is 13.2 Å². The molecule has 4 amide bonds. The van der Waals surface area contributed by atoms with Crippen LogP contribution in [0.2, 0.25) is 0 Å². The molecule has 0 bridgehead atoms. The number of tetrazole rings is 1. The number of carboxylic acids is 2. The Morgan fingerprint density at radius 3 is 1.96 bits per heavy atom. The number of aromatic amines is 1. The van der Waals surface area contributed by atoms with Crippen LogP contribution in [0.4, 0.5) is 0 Å². The Balaban J connectivity index is 0.00000163. The van der Waals surface area contributed by atoms with Crippen LogP contribution < -0.4 is 20.7 Å². The maximum absolute atomic E-state index is 12.3. The van der Waals surface area contributed by atoms with E-state index in [4.69, 9.17) is 9.47 Å². The first kappa shape index (κ1) is 66.0. The lowest BCUT2D eigenvalue weighted by atomic mass is 9.95. The highest BCUT2D eigenvalue weighted by Gasteiger charge is 2.25. The third kappa shape index (κ3) is 33.6. The number of amides is 4. The van der Waals surface area contributed by atoms with E-state index < -0.39 is 63.2 Å². The summed E-state index contributed by atoms with van der Waals surface area (Å²) in [5, 5.41) is 39.4. The summed E-state index contributed by atoms with van der Waals surface area (Å²) in [6, 6.07) is 6.58. The lowest BCUT2D eigenvalue weighted by Crippen LogP contribution is -2.41. The molecule has 406 valence electrons. The Kier molecular flexibility index (Phi) is 36.3. The predicted molar refractivity (Wildman–Crippen MR) is 265 cm³/mol. The van der Waals surface area contributed by atoms with Gasteiger partial charge in [0.2, 0.25) is 33.7 Å². The molecule has 2 atom stereocenters. The van der Waals surface area contributed by atoms with Gasteiger partial charge in [-0.05, 0) is 70.3 Å². The van der Waals surface area contributed by atoms with Gasteiger partial charge in [0.1, 0.15) is 24.2 Å². The summed E-state index contributed by atoms with van der Waals surface area (Å²) in [6.45, 7) is 8.04. The second-order valence-corrected chi connectivity index (χ2v) is 18.5. The summed E-state index contributed by atoms with van der Waals surface area (Å²) in [7, 11) is -3.93. The Hall–Kier alpha value is -6.01. The third-order valence-corrected chi connectivity index (χ3v) is 11.8. The van der Waals surface area contributed by atoms with E-state index in [-0.39, 0.29) is 102 Å². The summed E-state index contributed by atoms with van der Waals surface area (Å²) in [5.41, 5.74) is 2.01. The SMILES string of the molecule is C.CCCC(=O)CCC(NC(=O)CCC(CC(=O)CCCNC(=O)CCCS(=O)(=O)NC(=O)CCCc1nn[nH]n1)C(=O)O)C(=O)O.CCCCc1ccc(C(=O)CCCNC(=O)COCCOCC)cc1. The van der Waals surface area contributed by atoms with E-state index in [0.717, 1.165) is 12.0 Å². The minimum absolute atomic E-state index is 0. The quantitative estimate of drug-likeness (QED) is 0.0370. The first-order valence-corrected chi connectivity index (χ1v) is 25.9. The van der Waals surface area contributed by atoms with E-state index in [1.807, 2.05) is 42.8 Å². The van der Waals surface area contributed by atoms with Crippen LogP contribution >= 0.6 is 0 Å². The monoisotopic (exact) mass is 1040 g/mol. The summed E-state index contributed by atoms with van der Waals surface area (Å²) < 4.78 is 36.4. The summed E-state index contributed by atoms with van der Waals surface area (Å²) >= 11 is 0. The second-order valence-electron chi connectivity index (χ2n) is 16.6. The van der Waals surface area contributed by atoms with Crippen LogP contribution in [0.15, 0.2) is 24.3 Å². The predicted octanol–water partition coefficient (Wildman–Crippen LogP) is 3.60. The number of carbonyl (C=O) groups is 9. The van der Waals surface area contributed by atoms with Crippen molar-refractivity contribution in [1.29, 1.82) is 0 Å². The van der Waals surface area contributed by atoms with Crippen molar-refractivity contribution in [2.75, 3.05) is 45.3 Å². The van der Waals surface area contributed by atoms with Gasteiger partial charge in [-0.15, -0.1) is 10.2 Å². The molecule has 23 nitrogen and oxygen atoms in total. The van der Waals surface area contributed by atoms with Gasteiger partial charge in [0, 0.05) is 83.0 Å². The number of rotatable bonds is 40. The molecule has 24 heteroatoms. The minimum Gasteiger partial charge on any atom is -0.481 e. The number of H-pyrrole nitrogens is 1. The first-order valence-electron chi connectivity index (χ1n) is 24.2. The van der Waals surface area contributed by atoms with Gasteiger partial charge in [-0.1, -0.05) is 57.2 Å². The van der Waals surface area contributed by atoms with Crippen molar-refractivity contribution < 1.29 is 71.3 Å². The number of nitrogens with zero attached hydrogens (tertiary/aromatic N) is 3. The Morgan fingerprint density at radius 1 is 0.667 bits per heavy atom. The number of nitrogens with one attached hydrogen (secondary N) is 5. The smallest absolute Gasteiger partial charge is 0.326 e. The zero-order chi connectivity index (χ0) is 52.9. The fourth-order valence-electron chi connectivity index (χ4n) is 6.56. The van der Waals surface area contributed by atoms with Crippen LogP contribution in [0.1, 0.15) is 159 Å². The number of hydrogen-bond donors (Lipinski definition) is 7. The van der Waals surface area contributed by atoms with Crippen LogP contribution in [0.5, 0.6) is 0 Å². The van der Waals surface area contributed by atoms with Gasteiger partial charge < -0.3 is 35.6 Å². The summed E-state index contributed by atoms with van der Waals surface area (Å²) in [5.74, 6) is -6.24. The summed E-state index contributed by atoms with van der Waals surface area (Å²) in [6.07, 6.45) is 4.98. The molecule has 0 saturated heterocycles. The third-order valence-electron chi connectivity index (χ3n) is 10.5. The first-order chi connectivity index (χ1) is 33.9. The molecular weight excluding hydrogens is 961 g/mol. The Morgan fingerprint density at radius 2 is 1.33 bits per heavy atom. The number of unbranched alkanes of at least 4 members (excludes halogenated alkanes) is 1. The highest BCUT2D eigenvalue weighted by Crippen LogP contribution is 2.15. The highest BCUT2D eigenvalue weighted by molar-refractivity contribution is 7.90. The fraction of sp³-hybridized carbons (Fsp3) is 0.667. The minimum atomic E-state index is -3.93. The molecule has 1 heterocycles. The molecular formula is C48H78N8O15S. The van der Waals surface area contributed by atoms with Crippen molar-refractivity contribution in [3.63, 3.8) is 0 Å². The van der Waals surface area contributed by atoms with Gasteiger partial charge in [-0.2, -0.15) is 5.21 Å². The molecule has 0 aliphatic carbocycles. The second kappa shape index (κ2) is 39.6. The lowest BCUT2D eigenvalue weighted by molar-refractivity contribution is -0.145. The number of sulfonamides is 1. The maximum Gasteiger partial charge on any atom is 0.326 e. The Labute approximate surface area is 422 Å². The standard InChI is InChI=1S/C27H43N7O11S.C20H31NO4.CH4/c1-2-6-19(35)12-13-21(27(42)43)29-24(38)14-11-18(26(40)41)17-20(36)7-4-15-28-23(37)10-5-16-46(44,45)32-25(39)9-3-8-22-30-33-34-31-22;1-3-5-7-17-9-11-18(12-10-17)19(22)8-6-13-21-20(23)16-25-15-14-24-4-2;/h18,21H,2-17H2,1H3,(H,28,37)(H,29,38)(H,32,39)(H,40,41)(H,42,43)(H,30,31,33,34);9-12H,3-8,13-16H2,1-2H3,(H,21,23);1H4. The zero-order valence-electron chi connectivity index (χ0n) is 41.3. The van der Waals surface area contributed by atoms with E-state index >= 15 is 0 Å². The number of aliphatic carboxylic acids is 2. The average Bonchev–Trinajstić information content (AvgIpc) is 3.85. The largest absolute Gasteiger partial charge is 0.481 e. The molecule has 0 radical (unpaired) electrons. The maximum atomic E-state index is 12.3. The van der Waals surface area contributed by atoms with Crippen LogP contribution in [0.3, 0.4) is 0 Å². The molecule has 2 unspecified atom stereocenters. The van der Waals surface area contributed by atoms with Crippen molar-refractivity contribution >= 4 is 62.9 Å². The molecule has 7 N–H and O–H groups in total. The molecule has 0 spiro atoms. The van der Waals surface area contributed by atoms with E-state index in [0.29, 0.717) is 70.7 Å². The number of hydrogen-bond acceptors (Lipinski definition) is 16. The van der Waals surface area contributed by atoms with Crippen molar-refractivity contribution in [2.45, 2.75) is 156 Å². The van der Waals surface area contributed by atoms with Crippen LogP contribution in [0.25, 0.3) is 0 Å². The molecule has 2 rings (SSSR count). The highest BCUT2D eigenvalue weighted by atomic mass is 32.2. The zero-order valence-corrected chi connectivity index (χ0v) is 42.1. The van der Waals surface area contributed by atoms with Crippen molar-refractivity contribution in [2.24, 2.45) is 5.92 Å². The van der Waals surface area contributed by atoms with Crippen molar-refractivity contribution in [3.05, 3.63) is 41.2 Å². The molecule has 0 saturated carbocycles. The molecule has 0 fully saturated rings. The number of benzene rings is 1. The molecule has 2 aromatic rings. The van der Waals surface area contributed by atoms with Crippen molar-refractivity contribution in [1.82, 2.24) is 41.3 Å².